The Kier molecular flexibility index (Phi) is 5.70. The summed E-state index contributed by atoms with van der Waals surface area (Å²) < 4.78 is 28.3. The Bertz CT molecular complexity index is 843. The highest BCUT2D eigenvalue weighted by Crippen LogP contribution is 2.29. The molecule has 1 amide bonds. The Balaban J connectivity index is 1.56. The highest BCUT2D eigenvalue weighted by Gasteiger charge is 2.27. The maximum absolute atomic E-state index is 14.2. The topological polar surface area (TPSA) is 56.1 Å². The molecule has 1 N–H and O–H groups in total. The van der Waals surface area contributed by atoms with Gasteiger partial charge < -0.3 is 10.2 Å². The number of carbonyl (C=O) groups excluding carboxylic acids is 1. The van der Waals surface area contributed by atoms with E-state index in [-0.39, 0.29) is 23.1 Å². The standard InChI is InChI=1S/C21H21F2N3O/c1-14-2-4-15(5-3-14)13-25-21(27)17-6-8-26(9-7-17)20-18(22)10-16(12-24)11-19(20)23/h2-5,10-11,17H,6-9,13H2,1H3,(H,25,27). The molecule has 0 spiro atoms. The SMILES string of the molecule is Cc1ccc(CNC(=O)C2CCN(c3c(F)cc(C#N)cc3F)CC2)cc1. The van der Waals surface area contributed by atoms with Crippen molar-refractivity contribution in [2.45, 2.75) is 26.3 Å². The summed E-state index contributed by atoms with van der Waals surface area (Å²) in [6.45, 7) is 3.26. The zero-order chi connectivity index (χ0) is 19.4. The summed E-state index contributed by atoms with van der Waals surface area (Å²) in [7, 11) is 0. The zero-order valence-electron chi connectivity index (χ0n) is 15.1. The van der Waals surface area contributed by atoms with Crippen molar-refractivity contribution in [1.29, 1.82) is 5.26 Å². The van der Waals surface area contributed by atoms with E-state index in [4.69, 9.17) is 5.26 Å². The van der Waals surface area contributed by atoms with Crippen molar-refractivity contribution in [1.82, 2.24) is 5.32 Å². The smallest absolute Gasteiger partial charge is 0.223 e. The van der Waals surface area contributed by atoms with Gasteiger partial charge in [-0.25, -0.2) is 8.78 Å². The number of halogens is 2. The molecule has 0 radical (unpaired) electrons. The number of nitrogens with zero attached hydrogens (tertiary/aromatic N) is 2. The van der Waals surface area contributed by atoms with E-state index in [1.807, 2.05) is 31.2 Å². The van der Waals surface area contributed by atoms with Crippen LogP contribution in [0.1, 0.15) is 29.5 Å². The Morgan fingerprint density at radius 1 is 1.19 bits per heavy atom. The van der Waals surface area contributed by atoms with E-state index in [9.17, 15) is 13.6 Å². The number of anilines is 1. The molecule has 1 heterocycles. The Morgan fingerprint density at radius 3 is 2.33 bits per heavy atom. The van der Waals surface area contributed by atoms with Gasteiger partial charge in [-0.15, -0.1) is 0 Å². The number of hydrogen-bond donors (Lipinski definition) is 1. The van der Waals surface area contributed by atoms with Crippen molar-refractivity contribution in [2.24, 2.45) is 5.92 Å². The van der Waals surface area contributed by atoms with E-state index in [0.717, 1.165) is 17.7 Å². The van der Waals surface area contributed by atoms with Crippen LogP contribution in [0.4, 0.5) is 14.5 Å². The first-order valence-corrected chi connectivity index (χ1v) is 8.95. The van der Waals surface area contributed by atoms with Crippen molar-refractivity contribution in [2.75, 3.05) is 18.0 Å². The van der Waals surface area contributed by atoms with E-state index >= 15 is 0 Å². The molecule has 1 saturated heterocycles. The third-order valence-corrected chi connectivity index (χ3v) is 4.92. The second-order valence-electron chi connectivity index (χ2n) is 6.87. The van der Waals surface area contributed by atoms with Crippen LogP contribution in [0.5, 0.6) is 0 Å². The fourth-order valence-corrected chi connectivity index (χ4v) is 3.34. The van der Waals surface area contributed by atoms with Crippen LogP contribution in [0.3, 0.4) is 0 Å². The van der Waals surface area contributed by atoms with Gasteiger partial charge in [-0.05, 0) is 37.5 Å². The average Bonchev–Trinajstić information content (AvgIpc) is 2.67. The summed E-state index contributed by atoms with van der Waals surface area (Å²) in [5.41, 5.74) is 2.04. The van der Waals surface area contributed by atoms with Gasteiger partial charge in [0, 0.05) is 25.6 Å². The van der Waals surface area contributed by atoms with E-state index in [2.05, 4.69) is 5.32 Å². The first kappa shape index (κ1) is 18.8. The minimum absolute atomic E-state index is 0.0315. The third-order valence-electron chi connectivity index (χ3n) is 4.92. The number of nitrogens with one attached hydrogen (secondary N) is 1. The van der Waals surface area contributed by atoms with E-state index in [1.54, 1.807) is 11.0 Å². The molecule has 0 aromatic heterocycles. The predicted molar refractivity (Wildman–Crippen MR) is 99.0 cm³/mol. The number of aryl methyl sites for hydroxylation is 1. The van der Waals surface area contributed by atoms with Gasteiger partial charge in [0.15, 0.2) is 11.6 Å². The Hall–Kier alpha value is -2.94. The lowest BCUT2D eigenvalue weighted by Gasteiger charge is -2.33. The molecule has 27 heavy (non-hydrogen) atoms. The van der Waals surface area contributed by atoms with Crippen LogP contribution in [0.25, 0.3) is 0 Å². The molecule has 0 bridgehead atoms. The molecule has 2 aromatic rings. The minimum atomic E-state index is -0.742. The number of piperidine rings is 1. The molecule has 1 aliphatic rings. The second-order valence-corrected chi connectivity index (χ2v) is 6.87. The maximum Gasteiger partial charge on any atom is 0.223 e. The number of carbonyl (C=O) groups is 1. The molecule has 3 rings (SSSR count). The van der Waals surface area contributed by atoms with Gasteiger partial charge in [0.2, 0.25) is 5.91 Å². The van der Waals surface area contributed by atoms with Gasteiger partial charge in [0.05, 0.1) is 11.6 Å². The molecule has 4 nitrogen and oxygen atoms in total. The van der Waals surface area contributed by atoms with Crippen molar-refractivity contribution in [3.63, 3.8) is 0 Å². The molecule has 0 aliphatic carbocycles. The molecule has 0 unspecified atom stereocenters. The van der Waals surface area contributed by atoms with Gasteiger partial charge >= 0.3 is 0 Å². The van der Waals surface area contributed by atoms with Crippen molar-refractivity contribution in [3.05, 3.63) is 64.7 Å². The minimum Gasteiger partial charge on any atom is -0.367 e. The van der Waals surface area contributed by atoms with E-state index in [0.29, 0.717) is 32.5 Å². The number of nitriles is 1. The van der Waals surface area contributed by atoms with Gasteiger partial charge in [-0.3, -0.25) is 4.79 Å². The molecule has 1 aliphatic heterocycles. The van der Waals surface area contributed by atoms with Crippen molar-refractivity contribution >= 4 is 11.6 Å². The number of rotatable bonds is 4. The largest absolute Gasteiger partial charge is 0.367 e. The first-order valence-electron chi connectivity index (χ1n) is 8.95. The first-order chi connectivity index (χ1) is 13.0. The van der Waals surface area contributed by atoms with Crippen LogP contribution in [0, 0.1) is 35.8 Å². The lowest BCUT2D eigenvalue weighted by Crippen LogP contribution is -2.41. The zero-order valence-corrected chi connectivity index (χ0v) is 15.1. The number of amides is 1. The summed E-state index contributed by atoms with van der Waals surface area (Å²) in [4.78, 5) is 14.0. The Morgan fingerprint density at radius 2 is 1.78 bits per heavy atom. The number of hydrogen-bond acceptors (Lipinski definition) is 3. The molecule has 0 atom stereocenters. The molecular formula is C21H21F2N3O. The van der Waals surface area contributed by atoms with E-state index in [1.165, 1.54) is 5.56 Å². The van der Waals surface area contributed by atoms with E-state index < -0.39 is 11.6 Å². The highest BCUT2D eigenvalue weighted by atomic mass is 19.1. The summed E-state index contributed by atoms with van der Waals surface area (Å²) in [5, 5.41) is 11.7. The molecule has 140 valence electrons. The van der Waals surface area contributed by atoms with Gasteiger partial charge in [-0.1, -0.05) is 29.8 Å². The van der Waals surface area contributed by atoms with Crippen LogP contribution in [0.15, 0.2) is 36.4 Å². The molecule has 0 saturated carbocycles. The number of benzene rings is 2. The summed E-state index contributed by atoms with van der Waals surface area (Å²) in [6, 6.07) is 11.8. The lowest BCUT2D eigenvalue weighted by atomic mass is 9.95. The van der Waals surface area contributed by atoms with Crippen LogP contribution in [-0.4, -0.2) is 19.0 Å². The molecule has 1 fully saturated rings. The van der Waals surface area contributed by atoms with Crippen LogP contribution in [0.2, 0.25) is 0 Å². The van der Waals surface area contributed by atoms with Crippen LogP contribution in [-0.2, 0) is 11.3 Å². The second kappa shape index (κ2) is 8.17. The maximum atomic E-state index is 14.2. The fraction of sp³-hybridized carbons (Fsp3) is 0.333. The third kappa shape index (κ3) is 4.43. The Labute approximate surface area is 157 Å². The predicted octanol–water partition coefficient (Wildman–Crippen LogP) is 3.68. The normalized spacial score (nSPS) is 14.7. The van der Waals surface area contributed by atoms with Crippen molar-refractivity contribution in [3.8, 4) is 6.07 Å². The molecule has 2 aromatic carbocycles. The van der Waals surface area contributed by atoms with Crippen LogP contribution < -0.4 is 10.2 Å². The summed E-state index contributed by atoms with van der Waals surface area (Å²) in [5.74, 6) is -1.69. The van der Waals surface area contributed by atoms with Gasteiger partial charge in [-0.2, -0.15) is 5.26 Å². The fourth-order valence-electron chi connectivity index (χ4n) is 3.34. The average molecular weight is 369 g/mol. The highest BCUT2D eigenvalue weighted by molar-refractivity contribution is 5.79. The monoisotopic (exact) mass is 369 g/mol. The summed E-state index contributed by atoms with van der Waals surface area (Å²) >= 11 is 0. The van der Waals surface area contributed by atoms with Gasteiger partial charge in [0.25, 0.3) is 0 Å². The van der Waals surface area contributed by atoms with Gasteiger partial charge in [0.1, 0.15) is 5.69 Å². The van der Waals surface area contributed by atoms with Crippen LogP contribution >= 0.6 is 0 Å². The molecule has 6 heteroatoms. The summed E-state index contributed by atoms with van der Waals surface area (Å²) in [6.07, 6.45) is 1.05. The quantitative estimate of drug-likeness (QED) is 0.895. The van der Waals surface area contributed by atoms with Crippen molar-refractivity contribution < 1.29 is 13.6 Å². The molecular weight excluding hydrogens is 348 g/mol. The lowest BCUT2D eigenvalue weighted by molar-refractivity contribution is -0.125.